The second-order valence-corrected chi connectivity index (χ2v) is 37.6. The van der Waals surface area contributed by atoms with Crippen molar-refractivity contribution in [1.29, 1.82) is 0 Å². The fourth-order valence-corrected chi connectivity index (χ4v) is 23.3. The Morgan fingerprint density at radius 2 is 1.81 bits per heavy atom. The zero-order chi connectivity index (χ0) is 17.9. The summed E-state index contributed by atoms with van der Waals surface area (Å²) in [6.45, 7) is 11.4. The van der Waals surface area contributed by atoms with Crippen molar-refractivity contribution in [2.75, 3.05) is 0 Å². The zero-order valence-electron chi connectivity index (χ0n) is 16.3. The molecule has 0 saturated heterocycles. The minimum atomic E-state index is -3.25. The Labute approximate surface area is 181 Å². The van der Waals surface area contributed by atoms with Gasteiger partial charge in [0.1, 0.15) is 0 Å². The molecule has 2 nitrogen and oxygen atoms in total. The average molecular weight is 556 g/mol. The van der Waals surface area contributed by atoms with Gasteiger partial charge >= 0.3 is 158 Å². The van der Waals surface area contributed by atoms with Gasteiger partial charge < -0.3 is 0 Å². The number of alkyl halides is 1. The van der Waals surface area contributed by atoms with Crippen LogP contribution in [0.2, 0.25) is 9.26 Å². The van der Waals surface area contributed by atoms with E-state index in [1.807, 2.05) is 12.3 Å². The second-order valence-electron chi connectivity index (χ2n) is 9.12. The van der Waals surface area contributed by atoms with E-state index in [9.17, 15) is 0 Å². The van der Waals surface area contributed by atoms with Gasteiger partial charge in [-0.3, -0.25) is 0 Å². The Morgan fingerprint density at radius 1 is 1.19 bits per heavy atom. The standard InChI is InChI=1S/C13H9BrN.C4H10N.2CH3.2ClH.H2Si.Zr/c1-8-5-9-7-12-10(3-2-4-15-12)13(14)11(9)6-8;1-4(2,3)5;;;;;;/h2-4,6-7,13H,1H3;5H,1-3H3;2*1H3;2*1H;1H2;/q;-1;;;;;;+1. The van der Waals surface area contributed by atoms with Crippen LogP contribution in [0.3, 0.4) is 0 Å². The maximum absolute atomic E-state index is 4.62. The molecule has 26 heavy (non-hydrogen) atoms. The van der Waals surface area contributed by atoms with Crippen LogP contribution >= 0.6 is 40.7 Å². The third-order valence-corrected chi connectivity index (χ3v) is 18.1. The molecule has 7 heteroatoms. The molecule has 0 aliphatic heterocycles. The van der Waals surface area contributed by atoms with Crippen molar-refractivity contribution in [1.82, 2.24) is 8.24 Å². The van der Waals surface area contributed by atoms with Crippen molar-refractivity contribution < 1.29 is 17.7 Å². The van der Waals surface area contributed by atoms with Crippen LogP contribution in [0.15, 0.2) is 44.4 Å². The molecular weight excluding hydrogens is 526 g/mol. The number of aromatic nitrogens is 1. The van der Waals surface area contributed by atoms with Crippen LogP contribution in [0.4, 0.5) is 0 Å². The molecule has 0 fully saturated rings. The number of halogens is 3. The predicted octanol–water partition coefficient (Wildman–Crippen LogP) is 5.61. The van der Waals surface area contributed by atoms with Crippen molar-refractivity contribution in [2.24, 2.45) is 0 Å². The normalized spacial score (nSPS) is 19.6. The van der Waals surface area contributed by atoms with E-state index in [1.165, 1.54) is 22.3 Å². The van der Waals surface area contributed by atoms with Gasteiger partial charge in [-0.1, -0.05) is 0 Å². The van der Waals surface area contributed by atoms with Gasteiger partial charge in [0.2, 0.25) is 0 Å². The molecule has 1 unspecified atom stereocenters. The quantitative estimate of drug-likeness (QED) is 0.379. The van der Waals surface area contributed by atoms with Gasteiger partial charge in [0, 0.05) is 0 Å². The Kier molecular flexibility index (Phi) is 7.29. The van der Waals surface area contributed by atoms with Crippen molar-refractivity contribution >= 4 is 53.7 Å². The van der Waals surface area contributed by atoms with E-state index < -0.39 is 17.7 Å². The number of allylic oxidation sites excluding steroid dienone is 5. The maximum atomic E-state index is 4.62. The van der Waals surface area contributed by atoms with Crippen LogP contribution in [-0.2, 0) is 17.7 Å². The first-order valence-corrected chi connectivity index (χ1v) is 22.7. The summed E-state index contributed by atoms with van der Waals surface area (Å²) in [5, 5.41) is 0. The molecule has 2 aliphatic rings. The van der Waals surface area contributed by atoms with Crippen molar-refractivity contribution in [3.8, 4) is 0 Å². The maximum Gasteiger partial charge on any atom is -0.147 e. The molecule has 0 amide bonds. The molecule has 1 heterocycles. The Morgan fingerprint density at radius 3 is 2.38 bits per heavy atom. The third kappa shape index (κ3) is 4.55. The van der Waals surface area contributed by atoms with Crippen LogP contribution in [0.25, 0.3) is 6.08 Å². The molecule has 0 radical (unpaired) electrons. The van der Waals surface area contributed by atoms with Crippen LogP contribution in [0, 0.1) is 0 Å². The third-order valence-electron chi connectivity index (χ3n) is 4.62. The van der Waals surface area contributed by atoms with Gasteiger partial charge in [-0.05, 0) is 0 Å². The van der Waals surface area contributed by atoms with Crippen molar-refractivity contribution in [3.63, 3.8) is 0 Å². The molecular formula is C19H29BrCl2N2SiZr. The molecule has 3 rings (SSSR count). The molecule has 1 aromatic heterocycles. The summed E-state index contributed by atoms with van der Waals surface area (Å²) in [5.74, 6) is 0. The van der Waals surface area contributed by atoms with E-state index in [4.69, 9.17) is 0 Å². The number of hydrogen-bond acceptors (Lipinski definition) is 2. The number of pyridine rings is 1. The fraction of sp³-hybridized carbons (Fsp3) is 0.421. The molecule has 144 valence electrons. The summed E-state index contributed by atoms with van der Waals surface area (Å²) in [5.41, 5.74) is 6.72. The molecule has 1 N–H and O–H groups in total. The zero-order valence-corrected chi connectivity index (χ0v) is 23.4. The van der Waals surface area contributed by atoms with Gasteiger partial charge in [-0.25, -0.2) is 0 Å². The molecule has 1 aromatic rings. The summed E-state index contributed by atoms with van der Waals surface area (Å²) in [4.78, 5) is 4.85. The minimum Gasteiger partial charge on any atom is -0.147 e. The van der Waals surface area contributed by atoms with Gasteiger partial charge in [0.25, 0.3) is 0 Å². The smallest absolute Gasteiger partial charge is 0.147 e. The average Bonchev–Trinajstić information content (AvgIpc) is 2.73. The molecule has 1 atom stereocenters. The topological polar surface area (TPSA) is 24.9 Å². The van der Waals surface area contributed by atoms with Crippen molar-refractivity contribution in [2.45, 2.75) is 47.3 Å². The summed E-state index contributed by atoms with van der Waals surface area (Å²) in [6, 6.07) is 4.20. The summed E-state index contributed by atoms with van der Waals surface area (Å²) in [6.07, 6.45) is 6.58. The Bertz CT molecular complexity index is 891. The van der Waals surface area contributed by atoms with Crippen molar-refractivity contribution in [3.05, 3.63) is 55.7 Å². The van der Waals surface area contributed by atoms with E-state index in [0.717, 1.165) is 5.69 Å². The summed E-state index contributed by atoms with van der Waals surface area (Å²) < 4.78 is 10.7. The summed E-state index contributed by atoms with van der Waals surface area (Å²) >= 11 is 0.671. The fourth-order valence-electron chi connectivity index (χ4n) is 4.50. The SMILES string of the molecule is CC1=[C]([Zr]([CH3])([CH3])(=[SiH2])[NH]C(C)(C)C)C2=Cc3ncccc3C(Br)C2=C1.Cl.Cl. The summed E-state index contributed by atoms with van der Waals surface area (Å²) in [7, 11) is 0. The first-order valence-electron chi connectivity index (χ1n) is 8.49. The van der Waals surface area contributed by atoms with E-state index in [1.54, 1.807) is 3.28 Å². The largest absolute Gasteiger partial charge is 0.147 e. The van der Waals surface area contributed by atoms with Crippen LogP contribution in [0.5, 0.6) is 0 Å². The monoisotopic (exact) mass is 552 g/mol. The van der Waals surface area contributed by atoms with Crippen LogP contribution in [-0.4, -0.2) is 17.4 Å². The van der Waals surface area contributed by atoms with E-state index in [2.05, 4.69) is 86.2 Å². The first kappa shape index (κ1) is 24.5. The Balaban J connectivity index is 0.00000169. The predicted molar refractivity (Wildman–Crippen MR) is 122 cm³/mol. The minimum absolute atomic E-state index is 0. The second kappa shape index (κ2) is 7.72. The Hall–Kier alpha value is 0.490. The number of hydrogen-bond donors (Lipinski definition) is 1. The van der Waals surface area contributed by atoms with Crippen LogP contribution in [0.1, 0.15) is 43.8 Å². The van der Waals surface area contributed by atoms with Gasteiger partial charge in [0.15, 0.2) is 0 Å². The van der Waals surface area contributed by atoms with Gasteiger partial charge in [0.05, 0.1) is 0 Å². The molecule has 0 spiro atoms. The number of nitrogens with one attached hydrogen (secondary N) is 1. The van der Waals surface area contributed by atoms with Crippen LogP contribution < -0.4 is 3.26 Å². The molecule has 0 saturated carbocycles. The number of rotatable bonds is 2. The molecule has 0 bridgehead atoms. The van der Waals surface area contributed by atoms with Gasteiger partial charge in [-0.15, -0.1) is 24.8 Å². The number of nitrogens with zero attached hydrogens (tertiary/aromatic N) is 1. The number of fused-ring (bicyclic) bond motifs is 2. The molecule has 2 aliphatic carbocycles. The van der Waals surface area contributed by atoms with E-state index >= 15 is 0 Å². The van der Waals surface area contributed by atoms with E-state index in [-0.39, 0.29) is 35.2 Å². The van der Waals surface area contributed by atoms with Gasteiger partial charge in [-0.2, -0.15) is 0 Å². The molecule has 0 aromatic carbocycles. The first-order chi connectivity index (χ1) is 10.9. The van der Waals surface area contributed by atoms with E-state index in [0.29, 0.717) is 0 Å².